The van der Waals surface area contributed by atoms with Gasteiger partial charge in [-0.15, -0.1) is 0 Å². The first-order valence-electron chi connectivity index (χ1n) is 7.83. The summed E-state index contributed by atoms with van der Waals surface area (Å²) in [5.74, 6) is 0.611. The van der Waals surface area contributed by atoms with Crippen LogP contribution in [0.1, 0.15) is 53.0 Å². The molecular formula is C17H27BN2O2. The lowest BCUT2D eigenvalue weighted by molar-refractivity contribution is -0.118. The molecule has 2 radical (unpaired) electrons. The smallest absolute Gasteiger partial charge is 0.238 e. The van der Waals surface area contributed by atoms with Crippen LogP contribution in [-0.2, 0) is 4.79 Å². The lowest BCUT2D eigenvalue weighted by atomic mass is 9.92. The number of carbonyl (C=O) groups is 1. The van der Waals surface area contributed by atoms with Crippen molar-refractivity contribution in [2.45, 2.75) is 54.4 Å². The molecule has 4 nitrogen and oxygen atoms in total. The number of anilines is 1. The van der Waals surface area contributed by atoms with Gasteiger partial charge < -0.3 is 9.64 Å². The molecular weight excluding hydrogens is 275 g/mol. The monoisotopic (exact) mass is 302 g/mol. The van der Waals surface area contributed by atoms with E-state index in [9.17, 15) is 4.79 Å². The lowest BCUT2D eigenvalue weighted by Crippen LogP contribution is -2.39. The summed E-state index contributed by atoms with van der Waals surface area (Å²) in [6.45, 7) is 13.7. The van der Waals surface area contributed by atoms with E-state index in [4.69, 9.17) is 12.6 Å². The molecule has 0 aromatic carbocycles. The second-order valence-corrected chi connectivity index (χ2v) is 7.14. The summed E-state index contributed by atoms with van der Waals surface area (Å²) in [4.78, 5) is 17.9. The summed E-state index contributed by atoms with van der Waals surface area (Å²) in [6, 6.07) is 0. The summed E-state index contributed by atoms with van der Waals surface area (Å²) >= 11 is 0. The molecule has 0 fully saturated rings. The predicted octanol–water partition coefficient (Wildman–Crippen LogP) is 2.76. The van der Waals surface area contributed by atoms with Crippen LogP contribution in [0, 0.1) is 12.3 Å². The van der Waals surface area contributed by atoms with E-state index < -0.39 is 0 Å². The maximum absolute atomic E-state index is 12.0. The topological polar surface area (TPSA) is 42.4 Å². The molecule has 1 amide bonds. The van der Waals surface area contributed by atoms with Crippen LogP contribution < -0.4 is 15.1 Å². The number of ether oxygens (including phenoxy) is 1. The van der Waals surface area contributed by atoms with Gasteiger partial charge in [-0.1, -0.05) is 40.1 Å². The SMILES string of the molecule is CC(C)(C)C.[B]c1cnc2c(c1C)N(C(=O)CCC)CCO2. The minimum Gasteiger partial charge on any atom is -0.474 e. The second kappa shape index (κ2) is 7.66. The molecule has 0 saturated carbocycles. The summed E-state index contributed by atoms with van der Waals surface area (Å²) in [5, 5.41) is 0. The fourth-order valence-corrected chi connectivity index (χ4v) is 1.95. The molecule has 2 rings (SSSR count). The Bertz CT molecular complexity index is 518. The van der Waals surface area contributed by atoms with Gasteiger partial charge in [0.1, 0.15) is 20.1 Å². The van der Waals surface area contributed by atoms with E-state index in [0.29, 0.717) is 36.3 Å². The van der Waals surface area contributed by atoms with E-state index in [0.717, 1.165) is 17.7 Å². The van der Waals surface area contributed by atoms with Crippen LogP contribution in [0.4, 0.5) is 5.69 Å². The van der Waals surface area contributed by atoms with Crippen molar-refractivity contribution in [3.05, 3.63) is 11.8 Å². The number of aromatic nitrogens is 1. The number of pyridine rings is 1. The summed E-state index contributed by atoms with van der Waals surface area (Å²) in [7, 11) is 5.82. The average Bonchev–Trinajstić information content (AvgIpc) is 2.41. The zero-order chi connectivity index (χ0) is 16.9. The molecule has 2 heterocycles. The van der Waals surface area contributed by atoms with Crippen molar-refractivity contribution >= 4 is 24.9 Å². The number of hydrogen-bond donors (Lipinski definition) is 0. The molecule has 0 bridgehead atoms. The largest absolute Gasteiger partial charge is 0.474 e. The molecule has 0 atom stereocenters. The molecule has 0 aliphatic carbocycles. The Labute approximate surface area is 135 Å². The standard InChI is InChI=1S/C12H15BN2O2.C5H12/c1-3-4-10(16)15-5-6-17-12-11(15)8(2)9(13)7-14-12;1-5(2,3)4/h7H,3-6H2,1-2H3;1-4H3. The molecule has 0 saturated heterocycles. The number of fused-ring (bicyclic) bond motifs is 1. The Morgan fingerprint density at radius 3 is 2.55 bits per heavy atom. The highest BCUT2D eigenvalue weighted by atomic mass is 16.5. The van der Waals surface area contributed by atoms with Gasteiger partial charge >= 0.3 is 0 Å². The van der Waals surface area contributed by atoms with Crippen LogP contribution in [0.25, 0.3) is 0 Å². The van der Waals surface area contributed by atoms with Gasteiger partial charge in [0.05, 0.1) is 6.54 Å². The van der Waals surface area contributed by atoms with Gasteiger partial charge in [-0.3, -0.25) is 4.79 Å². The van der Waals surface area contributed by atoms with Gasteiger partial charge in [0.2, 0.25) is 11.8 Å². The molecule has 0 N–H and O–H groups in total. The first kappa shape index (κ1) is 18.5. The van der Waals surface area contributed by atoms with Crippen molar-refractivity contribution in [3.8, 4) is 5.88 Å². The Morgan fingerprint density at radius 1 is 1.41 bits per heavy atom. The summed E-state index contributed by atoms with van der Waals surface area (Å²) in [5.41, 5.74) is 2.68. The number of carbonyl (C=O) groups excluding carboxylic acids is 1. The van der Waals surface area contributed by atoms with Gasteiger partial charge in [0.25, 0.3) is 0 Å². The van der Waals surface area contributed by atoms with Gasteiger partial charge in [0.15, 0.2) is 0 Å². The zero-order valence-corrected chi connectivity index (χ0v) is 14.7. The van der Waals surface area contributed by atoms with Crippen molar-refractivity contribution in [2.75, 3.05) is 18.1 Å². The van der Waals surface area contributed by atoms with Crippen molar-refractivity contribution < 1.29 is 9.53 Å². The molecule has 1 aromatic heterocycles. The highest BCUT2D eigenvalue weighted by molar-refractivity contribution is 6.33. The van der Waals surface area contributed by atoms with E-state index in [1.165, 1.54) is 0 Å². The third-order valence-corrected chi connectivity index (χ3v) is 2.90. The van der Waals surface area contributed by atoms with Crippen LogP contribution in [-0.4, -0.2) is 31.9 Å². The minimum absolute atomic E-state index is 0.104. The number of amides is 1. The zero-order valence-electron chi connectivity index (χ0n) is 14.7. The maximum atomic E-state index is 12.0. The van der Waals surface area contributed by atoms with E-state index in [1.807, 2.05) is 13.8 Å². The fraction of sp³-hybridized carbons (Fsp3) is 0.647. The Morgan fingerprint density at radius 2 is 2.00 bits per heavy atom. The van der Waals surface area contributed by atoms with Crippen LogP contribution in [0.5, 0.6) is 5.88 Å². The lowest BCUT2D eigenvalue weighted by Gasteiger charge is -2.30. The number of hydrogen-bond acceptors (Lipinski definition) is 3. The van der Waals surface area contributed by atoms with Crippen molar-refractivity contribution in [2.24, 2.45) is 5.41 Å². The highest BCUT2D eigenvalue weighted by Gasteiger charge is 2.26. The van der Waals surface area contributed by atoms with E-state index >= 15 is 0 Å². The van der Waals surface area contributed by atoms with Crippen molar-refractivity contribution in [1.82, 2.24) is 4.98 Å². The molecule has 120 valence electrons. The summed E-state index contributed by atoms with van der Waals surface area (Å²) < 4.78 is 5.46. The Hall–Kier alpha value is -1.52. The quantitative estimate of drug-likeness (QED) is 0.789. The maximum Gasteiger partial charge on any atom is 0.238 e. The number of nitrogens with zero attached hydrogens (tertiary/aromatic N) is 2. The number of rotatable bonds is 2. The normalized spacial score (nSPS) is 13.6. The molecule has 0 spiro atoms. The highest BCUT2D eigenvalue weighted by Crippen LogP contribution is 2.31. The van der Waals surface area contributed by atoms with E-state index in [-0.39, 0.29) is 5.91 Å². The third-order valence-electron chi connectivity index (χ3n) is 2.90. The van der Waals surface area contributed by atoms with E-state index in [2.05, 4.69) is 32.7 Å². The molecule has 22 heavy (non-hydrogen) atoms. The third kappa shape index (κ3) is 5.36. The molecule has 5 heteroatoms. The van der Waals surface area contributed by atoms with Gasteiger partial charge in [-0.05, 0) is 24.3 Å². The fourth-order valence-electron chi connectivity index (χ4n) is 1.95. The van der Waals surface area contributed by atoms with Gasteiger partial charge in [-0.2, -0.15) is 0 Å². The first-order valence-corrected chi connectivity index (χ1v) is 7.83. The predicted molar refractivity (Wildman–Crippen MR) is 92.2 cm³/mol. The molecule has 0 unspecified atom stereocenters. The molecule has 1 aromatic rings. The molecule has 1 aliphatic heterocycles. The van der Waals surface area contributed by atoms with Gasteiger partial charge in [0, 0.05) is 12.6 Å². The van der Waals surface area contributed by atoms with Crippen LogP contribution in [0.3, 0.4) is 0 Å². The Balaban J connectivity index is 0.000000422. The second-order valence-electron chi connectivity index (χ2n) is 7.14. The van der Waals surface area contributed by atoms with Crippen LogP contribution in [0.15, 0.2) is 6.20 Å². The van der Waals surface area contributed by atoms with Crippen molar-refractivity contribution in [1.29, 1.82) is 0 Å². The van der Waals surface area contributed by atoms with Gasteiger partial charge in [-0.25, -0.2) is 4.98 Å². The van der Waals surface area contributed by atoms with E-state index in [1.54, 1.807) is 11.1 Å². The summed E-state index contributed by atoms with van der Waals surface area (Å²) in [6.07, 6.45) is 2.94. The van der Waals surface area contributed by atoms with Crippen LogP contribution >= 0.6 is 0 Å². The average molecular weight is 302 g/mol. The minimum atomic E-state index is 0.104. The molecule has 1 aliphatic rings. The first-order chi connectivity index (χ1) is 10.1. The van der Waals surface area contributed by atoms with Crippen LogP contribution in [0.2, 0.25) is 0 Å². The Kier molecular flexibility index (Phi) is 6.45. The van der Waals surface area contributed by atoms with Crippen molar-refractivity contribution in [3.63, 3.8) is 0 Å².